The maximum atomic E-state index is 12.4. The van der Waals surface area contributed by atoms with Gasteiger partial charge in [-0.1, -0.05) is 30.3 Å². The number of nitrogens with zero attached hydrogens (tertiary/aromatic N) is 2. The van der Waals surface area contributed by atoms with E-state index in [0.717, 1.165) is 22.5 Å². The van der Waals surface area contributed by atoms with E-state index >= 15 is 0 Å². The largest absolute Gasteiger partial charge is 0.376 e. The molecular weight excluding hydrogens is 423 g/mol. The standard InChI is InChI=1S/C22H28N4O2.2ClH/c1-17-7-6-10-20(18(17)2)24-21(27)16-25-11-13-26(14-12-25)22(28)15-23-19-8-4-3-5-9-19;;/h3-10,23H,11-16H2,1-2H3,(H,24,27);2*1H. The number of halogens is 2. The van der Waals surface area contributed by atoms with Crippen LogP contribution in [0.25, 0.3) is 0 Å². The minimum absolute atomic E-state index is 0. The summed E-state index contributed by atoms with van der Waals surface area (Å²) >= 11 is 0. The lowest BCUT2D eigenvalue weighted by Crippen LogP contribution is -2.51. The minimum atomic E-state index is -0.0146. The van der Waals surface area contributed by atoms with Crippen LogP contribution in [0.3, 0.4) is 0 Å². The summed E-state index contributed by atoms with van der Waals surface area (Å²) in [5, 5.41) is 6.15. The van der Waals surface area contributed by atoms with E-state index in [0.29, 0.717) is 32.7 Å². The molecule has 2 aromatic carbocycles. The van der Waals surface area contributed by atoms with E-state index in [1.165, 1.54) is 0 Å². The molecule has 0 unspecified atom stereocenters. The van der Waals surface area contributed by atoms with Crippen molar-refractivity contribution >= 4 is 48.0 Å². The Morgan fingerprint density at radius 2 is 1.57 bits per heavy atom. The Balaban J connectivity index is 0.00000225. The molecule has 2 amide bonds. The predicted molar refractivity (Wildman–Crippen MR) is 127 cm³/mol. The van der Waals surface area contributed by atoms with Gasteiger partial charge in [-0.2, -0.15) is 0 Å². The number of carbonyl (C=O) groups excluding carboxylic acids is 2. The molecule has 1 aliphatic heterocycles. The fourth-order valence-corrected chi connectivity index (χ4v) is 3.28. The number of amides is 2. The molecule has 0 aromatic heterocycles. The van der Waals surface area contributed by atoms with Gasteiger partial charge in [0.15, 0.2) is 0 Å². The van der Waals surface area contributed by atoms with Gasteiger partial charge in [-0.25, -0.2) is 0 Å². The molecule has 0 radical (unpaired) electrons. The van der Waals surface area contributed by atoms with Crippen molar-refractivity contribution in [2.24, 2.45) is 0 Å². The van der Waals surface area contributed by atoms with Gasteiger partial charge in [0.1, 0.15) is 0 Å². The first-order valence-corrected chi connectivity index (χ1v) is 9.68. The van der Waals surface area contributed by atoms with Crippen LogP contribution in [0, 0.1) is 13.8 Å². The third-order valence-electron chi connectivity index (χ3n) is 5.19. The van der Waals surface area contributed by atoms with Crippen LogP contribution in [-0.4, -0.2) is 60.9 Å². The first-order valence-electron chi connectivity index (χ1n) is 9.68. The van der Waals surface area contributed by atoms with Crippen LogP contribution < -0.4 is 10.6 Å². The Morgan fingerprint density at radius 3 is 2.23 bits per heavy atom. The summed E-state index contributed by atoms with van der Waals surface area (Å²) in [5.74, 6) is 0.0718. The number of rotatable bonds is 6. The number of carbonyl (C=O) groups is 2. The highest BCUT2D eigenvalue weighted by Crippen LogP contribution is 2.18. The molecule has 2 N–H and O–H groups in total. The second-order valence-electron chi connectivity index (χ2n) is 7.17. The number of nitrogens with one attached hydrogen (secondary N) is 2. The molecule has 1 saturated heterocycles. The summed E-state index contributed by atoms with van der Waals surface area (Å²) < 4.78 is 0. The smallest absolute Gasteiger partial charge is 0.241 e. The average Bonchev–Trinajstić information content (AvgIpc) is 2.71. The molecule has 1 heterocycles. The maximum absolute atomic E-state index is 12.4. The number of anilines is 2. The summed E-state index contributed by atoms with van der Waals surface area (Å²) in [7, 11) is 0. The van der Waals surface area contributed by atoms with E-state index in [2.05, 4.69) is 15.5 Å². The van der Waals surface area contributed by atoms with E-state index in [9.17, 15) is 9.59 Å². The van der Waals surface area contributed by atoms with Crippen molar-refractivity contribution in [1.82, 2.24) is 9.80 Å². The highest BCUT2D eigenvalue weighted by atomic mass is 35.5. The van der Waals surface area contributed by atoms with Crippen molar-refractivity contribution in [2.75, 3.05) is 49.9 Å². The van der Waals surface area contributed by atoms with Crippen LogP contribution in [0.1, 0.15) is 11.1 Å². The molecule has 1 fully saturated rings. The van der Waals surface area contributed by atoms with Gasteiger partial charge in [0.25, 0.3) is 0 Å². The fourth-order valence-electron chi connectivity index (χ4n) is 3.28. The van der Waals surface area contributed by atoms with Gasteiger partial charge in [0.2, 0.25) is 11.8 Å². The first kappa shape index (κ1) is 25.8. The molecule has 2 aromatic rings. The number of para-hydroxylation sites is 1. The van der Waals surface area contributed by atoms with Crippen LogP contribution in [-0.2, 0) is 9.59 Å². The van der Waals surface area contributed by atoms with Crippen molar-refractivity contribution in [3.63, 3.8) is 0 Å². The van der Waals surface area contributed by atoms with Gasteiger partial charge < -0.3 is 15.5 Å². The summed E-state index contributed by atoms with van der Waals surface area (Å²) in [4.78, 5) is 28.7. The van der Waals surface area contributed by atoms with E-state index < -0.39 is 0 Å². The minimum Gasteiger partial charge on any atom is -0.376 e. The Bertz CT molecular complexity index is 825. The third-order valence-corrected chi connectivity index (χ3v) is 5.19. The first-order chi connectivity index (χ1) is 13.5. The Morgan fingerprint density at radius 1 is 0.900 bits per heavy atom. The van der Waals surface area contributed by atoms with E-state index in [4.69, 9.17) is 0 Å². The summed E-state index contributed by atoms with van der Waals surface area (Å²) in [6.07, 6.45) is 0. The van der Waals surface area contributed by atoms with Crippen LogP contribution in [0.4, 0.5) is 11.4 Å². The highest BCUT2D eigenvalue weighted by molar-refractivity contribution is 5.93. The molecule has 3 rings (SSSR count). The average molecular weight is 453 g/mol. The Hall–Kier alpha value is -2.28. The van der Waals surface area contributed by atoms with E-state index in [1.54, 1.807) is 0 Å². The van der Waals surface area contributed by atoms with E-state index in [-0.39, 0.29) is 43.2 Å². The van der Waals surface area contributed by atoms with Gasteiger partial charge in [0, 0.05) is 37.6 Å². The molecule has 30 heavy (non-hydrogen) atoms. The Labute approximate surface area is 190 Å². The molecular formula is C22H30Cl2N4O2. The number of hydrogen-bond acceptors (Lipinski definition) is 4. The van der Waals surface area contributed by atoms with Crippen LogP contribution >= 0.6 is 24.8 Å². The summed E-state index contributed by atoms with van der Waals surface area (Å²) in [5.41, 5.74) is 4.06. The lowest BCUT2D eigenvalue weighted by atomic mass is 10.1. The number of piperazine rings is 1. The van der Waals surface area contributed by atoms with Crippen molar-refractivity contribution in [3.05, 3.63) is 59.7 Å². The van der Waals surface area contributed by atoms with Crippen molar-refractivity contribution in [1.29, 1.82) is 0 Å². The topological polar surface area (TPSA) is 64.7 Å². The highest BCUT2D eigenvalue weighted by Gasteiger charge is 2.22. The SMILES string of the molecule is Cc1cccc(NC(=O)CN2CCN(C(=O)CNc3ccccc3)CC2)c1C.Cl.Cl. The molecule has 0 spiro atoms. The maximum Gasteiger partial charge on any atom is 0.241 e. The zero-order chi connectivity index (χ0) is 19.9. The van der Waals surface area contributed by atoms with Gasteiger partial charge in [0.05, 0.1) is 13.1 Å². The predicted octanol–water partition coefficient (Wildman–Crippen LogP) is 3.34. The van der Waals surface area contributed by atoms with Crippen LogP contribution in [0.5, 0.6) is 0 Å². The summed E-state index contributed by atoms with van der Waals surface area (Å²) in [6.45, 7) is 7.38. The van der Waals surface area contributed by atoms with Crippen molar-refractivity contribution in [3.8, 4) is 0 Å². The molecule has 8 heteroatoms. The second kappa shape index (κ2) is 12.4. The van der Waals surface area contributed by atoms with Crippen LogP contribution in [0.2, 0.25) is 0 Å². The molecule has 0 aliphatic carbocycles. The third kappa shape index (κ3) is 7.20. The quantitative estimate of drug-likeness (QED) is 0.705. The monoisotopic (exact) mass is 452 g/mol. The summed E-state index contributed by atoms with van der Waals surface area (Å²) in [6, 6.07) is 15.6. The van der Waals surface area contributed by atoms with Gasteiger partial charge in [-0.05, 0) is 43.2 Å². The van der Waals surface area contributed by atoms with Gasteiger partial charge in [-0.3, -0.25) is 14.5 Å². The molecule has 164 valence electrons. The van der Waals surface area contributed by atoms with Crippen molar-refractivity contribution in [2.45, 2.75) is 13.8 Å². The van der Waals surface area contributed by atoms with Crippen molar-refractivity contribution < 1.29 is 9.59 Å². The number of benzene rings is 2. The lowest BCUT2D eigenvalue weighted by Gasteiger charge is -2.34. The molecule has 1 aliphatic rings. The lowest BCUT2D eigenvalue weighted by molar-refractivity contribution is -0.131. The zero-order valence-electron chi connectivity index (χ0n) is 17.4. The van der Waals surface area contributed by atoms with Gasteiger partial charge in [-0.15, -0.1) is 24.8 Å². The molecule has 0 bridgehead atoms. The fraction of sp³-hybridized carbons (Fsp3) is 0.364. The second-order valence-corrected chi connectivity index (χ2v) is 7.17. The van der Waals surface area contributed by atoms with Gasteiger partial charge >= 0.3 is 0 Å². The van der Waals surface area contributed by atoms with E-state index in [1.807, 2.05) is 67.3 Å². The molecule has 0 atom stereocenters. The Kier molecular flexibility index (Phi) is 10.7. The van der Waals surface area contributed by atoms with Crippen LogP contribution in [0.15, 0.2) is 48.5 Å². The molecule has 0 saturated carbocycles. The zero-order valence-corrected chi connectivity index (χ0v) is 19.0. The number of aryl methyl sites for hydroxylation is 1. The normalized spacial score (nSPS) is 13.6. The molecule has 6 nitrogen and oxygen atoms in total. The number of hydrogen-bond donors (Lipinski definition) is 2.